The Morgan fingerprint density at radius 2 is 1.76 bits per heavy atom. The van der Waals surface area contributed by atoms with E-state index >= 15 is 0 Å². The molecule has 1 atom stereocenters. The molecule has 0 aromatic heterocycles. The zero-order valence-corrected chi connectivity index (χ0v) is 11.8. The predicted octanol–water partition coefficient (Wildman–Crippen LogP) is 2.13. The predicted molar refractivity (Wildman–Crippen MR) is 84.1 cm³/mol. The van der Waals surface area contributed by atoms with Gasteiger partial charge in [0, 0.05) is 13.1 Å². The molecule has 1 aliphatic rings. The van der Waals surface area contributed by atoms with Crippen molar-refractivity contribution in [3.63, 3.8) is 0 Å². The van der Waals surface area contributed by atoms with Crippen LogP contribution in [0.3, 0.4) is 0 Å². The highest BCUT2D eigenvalue weighted by atomic mass is 16.3. The fourth-order valence-corrected chi connectivity index (χ4v) is 2.62. The van der Waals surface area contributed by atoms with Crippen molar-refractivity contribution in [2.24, 2.45) is 10.7 Å². The number of nitrogens with zero attached hydrogens (tertiary/aromatic N) is 2. The number of aliphatic imine (C=N–C) groups is 1. The Bertz CT molecular complexity index is 622. The molecule has 0 saturated carbocycles. The van der Waals surface area contributed by atoms with Gasteiger partial charge in [-0.2, -0.15) is 0 Å². The Kier molecular flexibility index (Phi) is 3.77. The SMILES string of the molecule is NC1=N[C@@H](Cc2ccc(O)cc2)CN1Cc1ccccc1. The van der Waals surface area contributed by atoms with Gasteiger partial charge in [0.25, 0.3) is 0 Å². The molecule has 0 aliphatic carbocycles. The zero-order valence-electron chi connectivity index (χ0n) is 11.8. The van der Waals surface area contributed by atoms with Gasteiger partial charge in [0.15, 0.2) is 5.96 Å². The van der Waals surface area contributed by atoms with Crippen LogP contribution >= 0.6 is 0 Å². The summed E-state index contributed by atoms with van der Waals surface area (Å²) in [5.41, 5.74) is 8.43. The van der Waals surface area contributed by atoms with E-state index in [-0.39, 0.29) is 6.04 Å². The summed E-state index contributed by atoms with van der Waals surface area (Å²) in [5.74, 6) is 0.904. The second-order valence-corrected chi connectivity index (χ2v) is 5.38. The third-order valence-electron chi connectivity index (χ3n) is 3.69. The van der Waals surface area contributed by atoms with Crippen LogP contribution in [0.25, 0.3) is 0 Å². The van der Waals surface area contributed by atoms with E-state index in [2.05, 4.69) is 22.0 Å². The lowest BCUT2D eigenvalue weighted by molar-refractivity contribution is 0.413. The number of guanidine groups is 1. The minimum Gasteiger partial charge on any atom is -0.508 e. The lowest BCUT2D eigenvalue weighted by Gasteiger charge is -2.18. The van der Waals surface area contributed by atoms with Crippen molar-refractivity contribution in [1.82, 2.24) is 4.90 Å². The van der Waals surface area contributed by atoms with Crippen molar-refractivity contribution in [2.45, 2.75) is 19.0 Å². The normalized spacial score (nSPS) is 17.8. The van der Waals surface area contributed by atoms with E-state index in [4.69, 9.17) is 5.73 Å². The summed E-state index contributed by atoms with van der Waals surface area (Å²) in [6.07, 6.45) is 0.840. The molecular formula is C17H19N3O. The number of hydrogen-bond donors (Lipinski definition) is 2. The van der Waals surface area contributed by atoms with Crippen molar-refractivity contribution in [3.8, 4) is 5.75 Å². The van der Waals surface area contributed by atoms with Crippen LogP contribution in [-0.2, 0) is 13.0 Å². The molecule has 1 aliphatic heterocycles. The first-order valence-electron chi connectivity index (χ1n) is 7.11. The fraction of sp³-hybridized carbons (Fsp3) is 0.235. The van der Waals surface area contributed by atoms with Crippen molar-refractivity contribution in [3.05, 3.63) is 65.7 Å². The summed E-state index contributed by atoms with van der Waals surface area (Å²) >= 11 is 0. The first-order valence-corrected chi connectivity index (χ1v) is 7.11. The molecule has 108 valence electrons. The number of benzene rings is 2. The molecule has 0 radical (unpaired) electrons. The average molecular weight is 281 g/mol. The smallest absolute Gasteiger partial charge is 0.191 e. The molecular weight excluding hydrogens is 262 g/mol. The van der Waals surface area contributed by atoms with Gasteiger partial charge in [-0.15, -0.1) is 0 Å². The largest absolute Gasteiger partial charge is 0.508 e. The van der Waals surface area contributed by atoms with E-state index in [1.807, 2.05) is 30.3 Å². The highest BCUT2D eigenvalue weighted by Gasteiger charge is 2.23. The van der Waals surface area contributed by atoms with Gasteiger partial charge in [-0.25, -0.2) is 4.99 Å². The number of phenols is 1. The third-order valence-corrected chi connectivity index (χ3v) is 3.69. The second kappa shape index (κ2) is 5.87. The van der Waals surface area contributed by atoms with Gasteiger partial charge in [-0.05, 0) is 29.7 Å². The van der Waals surface area contributed by atoms with E-state index < -0.39 is 0 Å². The summed E-state index contributed by atoms with van der Waals surface area (Å²) in [4.78, 5) is 6.65. The number of nitrogens with two attached hydrogens (primary N) is 1. The fourth-order valence-electron chi connectivity index (χ4n) is 2.62. The summed E-state index contributed by atoms with van der Waals surface area (Å²) < 4.78 is 0. The quantitative estimate of drug-likeness (QED) is 0.902. The van der Waals surface area contributed by atoms with Gasteiger partial charge in [0.05, 0.1) is 6.04 Å². The molecule has 2 aromatic rings. The first-order chi connectivity index (χ1) is 10.2. The van der Waals surface area contributed by atoms with Crippen LogP contribution in [0.15, 0.2) is 59.6 Å². The first kappa shape index (κ1) is 13.5. The highest BCUT2D eigenvalue weighted by molar-refractivity contribution is 5.80. The molecule has 0 bridgehead atoms. The minimum absolute atomic E-state index is 0.179. The minimum atomic E-state index is 0.179. The summed E-state index contributed by atoms with van der Waals surface area (Å²) in [6, 6.07) is 17.7. The van der Waals surface area contributed by atoms with Gasteiger partial charge in [0.1, 0.15) is 5.75 Å². The van der Waals surface area contributed by atoms with Crippen LogP contribution in [0.4, 0.5) is 0 Å². The van der Waals surface area contributed by atoms with Gasteiger partial charge >= 0.3 is 0 Å². The average Bonchev–Trinajstić information content (AvgIpc) is 2.82. The standard InChI is InChI=1S/C17H19N3O/c18-17-19-15(10-13-6-8-16(21)9-7-13)12-20(17)11-14-4-2-1-3-5-14/h1-9,15,21H,10-12H2,(H2,18,19)/t15-/m0/s1. The Labute approximate surface area is 124 Å². The molecule has 3 N–H and O–H groups in total. The number of phenolic OH excluding ortho intramolecular Hbond substituents is 1. The molecule has 4 nitrogen and oxygen atoms in total. The van der Waals surface area contributed by atoms with Gasteiger partial charge in [0.2, 0.25) is 0 Å². The second-order valence-electron chi connectivity index (χ2n) is 5.38. The monoisotopic (exact) mass is 281 g/mol. The van der Waals surface area contributed by atoms with E-state index in [0.29, 0.717) is 11.7 Å². The van der Waals surface area contributed by atoms with Crippen LogP contribution in [0.1, 0.15) is 11.1 Å². The summed E-state index contributed by atoms with van der Waals surface area (Å²) in [6.45, 7) is 1.63. The molecule has 0 unspecified atom stereocenters. The van der Waals surface area contributed by atoms with E-state index in [0.717, 1.165) is 25.1 Å². The van der Waals surface area contributed by atoms with Crippen molar-refractivity contribution < 1.29 is 5.11 Å². The summed E-state index contributed by atoms with van der Waals surface area (Å²) in [7, 11) is 0. The summed E-state index contributed by atoms with van der Waals surface area (Å²) in [5, 5.41) is 9.31. The number of hydrogen-bond acceptors (Lipinski definition) is 4. The van der Waals surface area contributed by atoms with Crippen LogP contribution in [-0.4, -0.2) is 28.6 Å². The van der Waals surface area contributed by atoms with Crippen LogP contribution in [0.2, 0.25) is 0 Å². The van der Waals surface area contributed by atoms with Crippen molar-refractivity contribution >= 4 is 5.96 Å². The molecule has 4 heteroatoms. The molecule has 2 aromatic carbocycles. The maximum atomic E-state index is 9.31. The lowest BCUT2D eigenvalue weighted by atomic mass is 10.1. The molecule has 0 saturated heterocycles. The number of rotatable bonds is 4. The molecule has 0 spiro atoms. The molecule has 1 heterocycles. The van der Waals surface area contributed by atoms with Crippen LogP contribution in [0, 0.1) is 0 Å². The van der Waals surface area contributed by atoms with Gasteiger partial charge in [-0.3, -0.25) is 0 Å². The van der Waals surface area contributed by atoms with E-state index in [9.17, 15) is 5.11 Å². The third kappa shape index (κ3) is 3.34. The van der Waals surface area contributed by atoms with Gasteiger partial charge < -0.3 is 15.7 Å². The van der Waals surface area contributed by atoms with E-state index in [1.54, 1.807) is 12.1 Å². The topological polar surface area (TPSA) is 61.9 Å². The molecule has 0 amide bonds. The van der Waals surface area contributed by atoms with Crippen LogP contribution < -0.4 is 5.73 Å². The van der Waals surface area contributed by atoms with Gasteiger partial charge in [-0.1, -0.05) is 42.5 Å². The zero-order chi connectivity index (χ0) is 14.7. The maximum Gasteiger partial charge on any atom is 0.191 e. The highest BCUT2D eigenvalue weighted by Crippen LogP contribution is 2.17. The Morgan fingerprint density at radius 1 is 1.05 bits per heavy atom. The van der Waals surface area contributed by atoms with Crippen molar-refractivity contribution in [1.29, 1.82) is 0 Å². The Balaban J connectivity index is 1.62. The van der Waals surface area contributed by atoms with E-state index in [1.165, 1.54) is 5.56 Å². The Morgan fingerprint density at radius 3 is 2.48 bits per heavy atom. The lowest BCUT2D eigenvalue weighted by Crippen LogP contribution is -2.34. The van der Waals surface area contributed by atoms with Crippen LogP contribution in [0.5, 0.6) is 5.75 Å². The molecule has 21 heavy (non-hydrogen) atoms. The number of aromatic hydroxyl groups is 1. The Hall–Kier alpha value is -2.49. The maximum absolute atomic E-state index is 9.31. The molecule has 3 rings (SSSR count). The van der Waals surface area contributed by atoms with Crippen molar-refractivity contribution in [2.75, 3.05) is 6.54 Å². The molecule has 0 fully saturated rings.